The van der Waals surface area contributed by atoms with Gasteiger partial charge in [-0.3, -0.25) is 4.90 Å². The van der Waals surface area contributed by atoms with Crippen LogP contribution in [0.25, 0.3) is 0 Å². The maximum Gasteiger partial charge on any atom is 0.121 e. The zero-order valence-corrected chi connectivity index (χ0v) is 12.6. The fourth-order valence-corrected chi connectivity index (χ4v) is 2.73. The molecule has 0 bridgehead atoms. The molecule has 0 spiro atoms. The molecule has 4 nitrogen and oxygen atoms in total. The van der Waals surface area contributed by atoms with E-state index in [4.69, 9.17) is 15.2 Å². The zero-order chi connectivity index (χ0) is 14.4. The lowest BCUT2D eigenvalue weighted by Crippen LogP contribution is -2.39. The fourth-order valence-electron chi connectivity index (χ4n) is 2.73. The molecule has 1 aromatic rings. The van der Waals surface area contributed by atoms with Gasteiger partial charge in [0.05, 0.1) is 13.2 Å². The summed E-state index contributed by atoms with van der Waals surface area (Å²) in [7, 11) is 1.67. The Morgan fingerprint density at radius 3 is 2.95 bits per heavy atom. The van der Waals surface area contributed by atoms with Gasteiger partial charge in [0.25, 0.3) is 0 Å². The molecule has 0 amide bonds. The number of nitrogens with zero attached hydrogens (tertiary/aromatic N) is 1. The highest BCUT2D eigenvalue weighted by atomic mass is 16.5. The number of hydrogen-bond donors (Lipinski definition) is 1. The highest BCUT2D eigenvalue weighted by Gasteiger charge is 2.20. The lowest BCUT2D eigenvalue weighted by molar-refractivity contribution is -0.00223. The second-order valence-corrected chi connectivity index (χ2v) is 5.48. The molecule has 4 heteroatoms. The molecule has 0 radical (unpaired) electrons. The van der Waals surface area contributed by atoms with Crippen LogP contribution in [0.15, 0.2) is 18.2 Å². The van der Waals surface area contributed by atoms with Crippen LogP contribution >= 0.6 is 0 Å². The number of anilines is 1. The van der Waals surface area contributed by atoms with E-state index in [2.05, 4.69) is 17.9 Å². The number of piperidine rings is 1. The molecule has 0 aromatic heterocycles. The maximum atomic E-state index is 5.91. The van der Waals surface area contributed by atoms with Crippen molar-refractivity contribution in [1.82, 2.24) is 4.90 Å². The van der Waals surface area contributed by atoms with Crippen molar-refractivity contribution >= 4 is 5.69 Å². The lowest BCUT2D eigenvalue weighted by Gasteiger charge is -2.32. The zero-order valence-electron chi connectivity index (χ0n) is 12.6. The minimum Gasteiger partial charge on any atom is -0.497 e. The van der Waals surface area contributed by atoms with Crippen LogP contribution in [0, 0.1) is 0 Å². The van der Waals surface area contributed by atoms with Gasteiger partial charge in [0.15, 0.2) is 0 Å². The molecule has 112 valence electrons. The molecule has 0 saturated carbocycles. The fraction of sp³-hybridized carbons (Fsp3) is 0.625. The van der Waals surface area contributed by atoms with Gasteiger partial charge in [0, 0.05) is 31.5 Å². The van der Waals surface area contributed by atoms with E-state index in [0.717, 1.165) is 44.1 Å². The molecule has 1 aliphatic rings. The standard InChI is InChI=1S/C16H26N2O2/c1-3-7-20-15-5-4-6-18(12-15)11-13-8-14(17)10-16(9-13)19-2/h8-10,15H,3-7,11-12,17H2,1-2H3. The Bertz CT molecular complexity index is 423. The molecule has 2 rings (SSSR count). The van der Waals surface area contributed by atoms with Gasteiger partial charge in [-0.15, -0.1) is 0 Å². The van der Waals surface area contributed by atoms with Crippen molar-refractivity contribution < 1.29 is 9.47 Å². The summed E-state index contributed by atoms with van der Waals surface area (Å²) in [6.07, 6.45) is 3.85. The van der Waals surface area contributed by atoms with Crippen molar-refractivity contribution in [3.05, 3.63) is 23.8 Å². The van der Waals surface area contributed by atoms with E-state index in [9.17, 15) is 0 Å². The smallest absolute Gasteiger partial charge is 0.121 e. The molecular weight excluding hydrogens is 252 g/mol. The molecule has 0 aliphatic carbocycles. The Morgan fingerprint density at radius 2 is 2.20 bits per heavy atom. The quantitative estimate of drug-likeness (QED) is 0.813. The van der Waals surface area contributed by atoms with Crippen molar-refractivity contribution in [3.63, 3.8) is 0 Å². The van der Waals surface area contributed by atoms with Crippen LogP contribution in [0.4, 0.5) is 5.69 Å². The first-order valence-electron chi connectivity index (χ1n) is 7.48. The van der Waals surface area contributed by atoms with Crippen LogP contribution in [-0.4, -0.2) is 37.8 Å². The van der Waals surface area contributed by atoms with Gasteiger partial charge in [-0.05, 0) is 43.5 Å². The molecule has 2 N–H and O–H groups in total. The van der Waals surface area contributed by atoms with Crippen LogP contribution in [0.2, 0.25) is 0 Å². The van der Waals surface area contributed by atoms with Crippen molar-refractivity contribution in [1.29, 1.82) is 0 Å². The summed E-state index contributed by atoms with van der Waals surface area (Å²) in [5.41, 5.74) is 7.88. The largest absolute Gasteiger partial charge is 0.497 e. The van der Waals surface area contributed by atoms with Gasteiger partial charge < -0.3 is 15.2 Å². The summed E-state index contributed by atoms with van der Waals surface area (Å²) in [5, 5.41) is 0. The summed E-state index contributed by atoms with van der Waals surface area (Å²) >= 11 is 0. The van der Waals surface area contributed by atoms with E-state index in [-0.39, 0.29) is 0 Å². The van der Waals surface area contributed by atoms with Gasteiger partial charge in [-0.25, -0.2) is 0 Å². The molecule has 1 saturated heterocycles. The number of methoxy groups -OCH3 is 1. The highest BCUT2D eigenvalue weighted by molar-refractivity contribution is 5.47. The topological polar surface area (TPSA) is 47.7 Å². The number of benzene rings is 1. The minimum atomic E-state index is 0.381. The first-order valence-corrected chi connectivity index (χ1v) is 7.48. The minimum absolute atomic E-state index is 0.381. The van der Waals surface area contributed by atoms with Crippen molar-refractivity contribution in [3.8, 4) is 5.75 Å². The first-order chi connectivity index (χ1) is 9.71. The van der Waals surface area contributed by atoms with Crippen molar-refractivity contribution in [2.45, 2.75) is 38.8 Å². The second-order valence-electron chi connectivity index (χ2n) is 5.48. The maximum absolute atomic E-state index is 5.91. The average molecular weight is 278 g/mol. The van der Waals surface area contributed by atoms with Crippen LogP contribution in [0.1, 0.15) is 31.7 Å². The summed E-state index contributed by atoms with van der Waals surface area (Å²) in [5.74, 6) is 0.829. The van der Waals surface area contributed by atoms with E-state index in [0.29, 0.717) is 6.10 Å². The van der Waals surface area contributed by atoms with Gasteiger partial charge in [0.2, 0.25) is 0 Å². The van der Waals surface area contributed by atoms with E-state index >= 15 is 0 Å². The number of nitrogens with two attached hydrogens (primary N) is 1. The second kappa shape index (κ2) is 7.50. The van der Waals surface area contributed by atoms with Gasteiger partial charge in [0.1, 0.15) is 5.75 Å². The molecule has 1 fully saturated rings. The van der Waals surface area contributed by atoms with Crippen LogP contribution < -0.4 is 10.5 Å². The van der Waals surface area contributed by atoms with E-state index in [1.54, 1.807) is 7.11 Å². The Hall–Kier alpha value is -1.26. The van der Waals surface area contributed by atoms with Gasteiger partial charge in [-0.1, -0.05) is 6.92 Å². The monoisotopic (exact) mass is 278 g/mol. The van der Waals surface area contributed by atoms with Crippen LogP contribution in [0.5, 0.6) is 5.75 Å². The molecule has 1 unspecified atom stereocenters. The van der Waals surface area contributed by atoms with Crippen molar-refractivity contribution in [2.24, 2.45) is 0 Å². The van der Waals surface area contributed by atoms with E-state index in [1.807, 2.05) is 12.1 Å². The van der Waals surface area contributed by atoms with Crippen LogP contribution in [-0.2, 0) is 11.3 Å². The third kappa shape index (κ3) is 4.39. The van der Waals surface area contributed by atoms with E-state index < -0.39 is 0 Å². The molecule has 1 aromatic carbocycles. The molecule has 1 aliphatic heterocycles. The number of ether oxygens (including phenoxy) is 2. The molecule has 20 heavy (non-hydrogen) atoms. The Balaban J connectivity index is 1.93. The summed E-state index contributed by atoms with van der Waals surface area (Å²) in [6, 6.07) is 5.94. The Morgan fingerprint density at radius 1 is 1.35 bits per heavy atom. The van der Waals surface area contributed by atoms with Gasteiger partial charge >= 0.3 is 0 Å². The first kappa shape index (κ1) is 15.1. The van der Waals surface area contributed by atoms with Gasteiger partial charge in [-0.2, -0.15) is 0 Å². The predicted octanol–water partition coefficient (Wildman–Crippen LogP) is 2.67. The summed E-state index contributed by atoms with van der Waals surface area (Å²) in [4.78, 5) is 2.44. The third-order valence-corrected chi connectivity index (χ3v) is 3.65. The SMILES string of the molecule is CCCOC1CCCN(Cc2cc(N)cc(OC)c2)C1. The number of likely N-dealkylation sites (tertiary alicyclic amines) is 1. The predicted molar refractivity (Wildman–Crippen MR) is 81.9 cm³/mol. The number of rotatable bonds is 6. The number of nitrogen functional groups attached to an aromatic ring is 1. The molecule has 1 heterocycles. The lowest BCUT2D eigenvalue weighted by atomic mass is 10.1. The Kier molecular flexibility index (Phi) is 5.68. The number of hydrogen-bond acceptors (Lipinski definition) is 4. The molecule has 1 atom stereocenters. The van der Waals surface area contributed by atoms with Crippen LogP contribution in [0.3, 0.4) is 0 Å². The normalized spacial score (nSPS) is 20.0. The Labute approximate surface area is 121 Å². The van der Waals surface area contributed by atoms with E-state index in [1.165, 1.54) is 18.4 Å². The molecular formula is C16H26N2O2. The summed E-state index contributed by atoms with van der Waals surface area (Å²) in [6.45, 7) is 6.07. The summed E-state index contributed by atoms with van der Waals surface area (Å²) < 4.78 is 11.2. The highest BCUT2D eigenvalue weighted by Crippen LogP contribution is 2.22. The third-order valence-electron chi connectivity index (χ3n) is 3.65. The van der Waals surface area contributed by atoms with Crippen molar-refractivity contribution in [2.75, 3.05) is 32.5 Å². The average Bonchev–Trinajstić information content (AvgIpc) is 2.45.